The van der Waals surface area contributed by atoms with Gasteiger partial charge in [-0.05, 0) is 42.8 Å². The summed E-state index contributed by atoms with van der Waals surface area (Å²) in [5, 5.41) is 21.1. The molecule has 0 radical (unpaired) electrons. The third kappa shape index (κ3) is 4.74. The molecular formula is C23H22ClFN4O4. The van der Waals surface area contributed by atoms with E-state index in [0.717, 1.165) is 11.6 Å². The fourth-order valence-corrected chi connectivity index (χ4v) is 3.87. The molecule has 2 heterocycles. The van der Waals surface area contributed by atoms with Crippen LogP contribution in [0.3, 0.4) is 0 Å². The fourth-order valence-electron chi connectivity index (χ4n) is 3.75. The fraction of sp³-hybridized carbons (Fsp3) is 0.304. The topological polar surface area (TPSA) is 106 Å². The van der Waals surface area contributed by atoms with Crippen molar-refractivity contribution in [1.29, 1.82) is 0 Å². The van der Waals surface area contributed by atoms with Gasteiger partial charge in [0.1, 0.15) is 17.1 Å². The molecular weight excluding hydrogens is 451 g/mol. The molecule has 0 bridgehead atoms. The minimum absolute atomic E-state index is 0.103. The second-order valence-electron chi connectivity index (χ2n) is 7.96. The number of hydrogen-bond acceptors (Lipinski definition) is 5. The summed E-state index contributed by atoms with van der Waals surface area (Å²) in [5.74, 6) is -2.74. The van der Waals surface area contributed by atoms with Gasteiger partial charge in [0.25, 0.3) is 5.91 Å². The Hall–Kier alpha value is -3.30. The molecule has 1 amide bonds. The van der Waals surface area contributed by atoms with E-state index in [2.05, 4.69) is 15.6 Å². The van der Waals surface area contributed by atoms with Gasteiger partial charge in [0, 0.05) is 36.6 Å². The molecule has 33 heavy (non-hydrogen) atoms. The molecule has 3 aromatic rings. The van der Waals surface area contributed by atoms with E-state index in [1.807, 2.05) is 19.1 Å². The van der Waals surface area contributed by atoms with Crippen molar-refractivity contribution >= 4 is 23.5 Å². The van der Waals surface area contributed by atoms with Crippen molar-refractivity contribution < 1.29 is 23.8 Å². The van der Waals surface area contributed by atoms with Gasteiger partial charge in [-0.1, -0.05) is 28.9 Å². The van der Waals surface area contributed by atoms with Crippen LogP contribution in [0.1, 0.15) is 41.7 Å². The van der Waals surface area contributed by atoms with E-state index < -0.39 is 23.2 Å². The van der Waals surface area contributed by atoms with Crippen molar-refractivity contribution in [2.75, 3.05) is 13.2 Å². The van der Waals surface area contributed by atoms with Crippen LogP contribution in [0.15, 0.2) is 48.7 Å². The number of rotatable bonds is 6. The number of nitrogens with zero attached hydrogens (tertiary/aromatic N) is 3. The summed E-state index contributed by atoms with van der Waals surface area (Å²) in [4.78, 5) is 24.7. The van der Waals surface area contributed by atoms with Gasteiger partial charge >= 0.3 is 5.97 Å². The molecule has 2 N–H and O–H groups in total. The zero-order valence-electron chi connectivity index (χ0n) is 17.8. The number of carboxylic acid groups (broad SMARTS) is 1. The van der Waals surface area contributed by atoms with Crippen LogP contribution in [-0.2, 0) is 9.53 Å². The van der Waals surface area contributed by atoms with E-state index in [1.165, 1.54) is 12.1 Å². The molecule has 0 saturated carbocycles. The first-order valence-electron chi connectivity index (χ1n) is 10.4. The minimum atomic E-state index is -1.49. The SMILES string of the molecule is C[C@@H](c1ccc(Cl)cc1)n1cc(-c2ccc(F)c(C(=O)NC3(C(=O)O)CCOCC3)c2)nn1. The van der Waals surface area contributed by atoms with Gasteiger partial charge in [0.2, 0.25) is 0 Å². The first-order chi connectivity index (χ1) is 15.8. The maximum Gasteiger partial charge on any atom is 0.329 e. The Bertz CT molecular complexity index is 1180. The quantitative estimate of drug-likeness (QED) is 0.566. The van der Waals surface area contributed by atoms with Crippen LogP contribution in [0.2, 0.25) is 5.02 Å². The zero-order chi connectivity index (χ0) is 23.6. The Morgan fingerprint density at radius 3 is 2.58 bits per heavy atom. The summed E-state index contributed by atoms with van der Waals surface area (Å²) in [6.07, 6.45) is 1.91. The molecule has 1 atom stereocenters. The predicted octanol–water partition coefficient (Wildman–Crippen LogP) is 3.71. The molecule has 8 nitrogen and oxygen atoms in total. The summed E-state index contributed by atoms with van der Waals surface area (Å²) in [7, 11) is 0. The lowest BCUT2D eigenvalue weighted by Crippen LogP contribution is -2.57. The lowest BCUT2D eigenvalue weighted by atomic mass is 9.89. The average molecular weight is 473 g/mol. The first-order valence-corrected chi connectivity index (χ1v) is 10.8. The molecule has 1 fully saturated rings. The maximum absolute atomic E-state index is 14.5. The predicted molar refractivity (Wildman–Crippen MR) is 119 cm³/mol. The number of hydrogen-bond donors (Lipinski definition) is 2. The Morgan fingerprint density at radius 2 is 1.91 bits per heavy atom. The minimum Gasteiger partial charge on any atom is -0.480 e. The van der Waals surface area contributed by atoms with Gasteiger partial charge < -0.3 is 15.2 Å². The van der Waals surface area contributed by atoms with E-state index >= 15 is 0 Å². The molecule has 1 aliphatic heterocycles. The lowest BCUT2D eigenvalue weighted by molar-refractivity contribution is -0.148. The van der Waals surface area contributed by atoms with Crippen LogP contribution in [0.25, 0.3) is 11.3 Å². The van der Waals surface area contributed by atoms with E-state index in [-0.39, 0.29) is 37.7 Å². The standard InChI is InChI=1S/C23H22ClFN4O4/c1-14(15-2-5-17(24)6-3-15)29-13-20(27-28-29)16-4-7-19(25)18(12-16)21(30)26-23(22(31)32)8-10-33-11-9-23/h2-7,12-14H,8-11H2,1H3,(H,26,30)(H,31,32)/t14-/m0/s1. The molecule has 1 saturated heterocycles. The van der Waals surface area contributed by atoms with Crippen molar-refractivity contribution in [3.8, 4) is 11.3 Å². The molecule has 1 aromatic heterocycles. The normalized spacial score (nSPS) is 16.2. The van der Waals surface area contributed by atoms with E-state index in [4.69, 9.17) is 16.3 Å². The van der Waals surface area contributed by atoms with Crippen LogP contribution >= 0.6 is 11.6 Å². The van der Waals surface area contributed by atoms with E-state index in [9.17, 15) is 19.1 Å². The highest BCUT2D eigenvalue weighted by Gasteiger charge is 2.42. The monoisotopic (exact) mass is 472 g/mol. The Kier molecular flexibility index (Phi) is 6.44. The highest BCUT2D eigenvalue weighted by atomic mass is 35.5. The van der Waals surface area contributed by atoms with Crippen LogP contribution in [0.4, 0.5) is 4.39 Å². The van der Waals surface area contributed by atoms with Crippen molar-refractivity contribution in [2.24, 2.45) is 0 Å². The molecule has 0 spiro atoms. The molecule has 0 aliphatic carbocycles. The summed E-state index contributed by atoms with van der Waals surface area (Å²) < 4.78 is 21.4. The largest absolute Gasteiger partial charge is 0.480 e. The summed E-state index contributed by atoms with van der Waals surface area (Å²) in [6, 6.07) is 11.2. The Morgan fingerprint density at radius 1 is 1.21 bits per heavy atom. The van der Waals surface area contributed by atoms with Crippen LogP contribution in [0, 0.1) is 5.82 Å². The summed E-state index contributed by atoms with van der Waals surface area (Å²) >= 11 is 5.95. The van der Waals surface area contributed by atoms with Crippen LogP contribution < -0.4 is 5.32 Å². The van der Waals surface area contributed by atoms with Gasteiger partial charge in [-0.2, -0.15) is 0 Å². The third-order valence-corrected chi connectivity index (χ3v) is 6.13. The first kappa shape index (κ1) is 22.9. The number of carbonyl (C=O) groups is 2. The number of carbonyl (C=O) groups excluding carboxylic acids is 1. The molecule has 2 aromatic carbocycles. The number of amides is 1. The van der Waals surface area contributed by atoms with Crippen LogP contribution in [-0.4, -0.2) is 50.7 Å². The van der Waals surface area contributed by atoms with E-state index in [0.29, 0.717) is 16.3 Å². The Labute approximate surface area is 194 Å². The smallest absolute Gasteiger partial charge is 0.329 e. The second kappa shape index (κ2) is 9.29. The Balaban J connectivity index is 1.58. The molecule has 0 unspecified atom stereocenters. The van der Waals surface area contributed by atoms with Gasteiger partial charge in [-0.25, -0.2) is 13.9 Å². The van der Waals surface area contributed by atoms with Gasteiger partial charge in [-0.15, -0.1) is 5.10 Å². The van der Waals surface area contributed by atoms with Crippen LogP contribution in [0.5, 0.6) is 0 Å². The zero-order valence-corrected chi connectivity index (χ0v) is 18.6. The highest BCUT2D eigenvalue weighted by Crippen LogP contribution is 2.26. The van der Waals surface area contributed by atoms with Crippen molar-refractivity contribution in [1.82, 2.24) is 20.3 Å². The number of halogens is 2. The molecule has 172 valence electrons. The second-order valence-corrected chi connectivity index (χ2v) is 8.40. The van der Waals surface area contributed by atoms with Gasteiger partial charge in [0.05, 0.1) is 17.8 Å². The number of aliphatic carboxylic acids is 1. The highest BCUT2D eigenvalue weighted by molar-refractivity contribution is 6.30. The number of benzene rings is 2. The molecule has 1 aliphatic rings. The van der Waals surface area contributed by atoms with Crippen molar-refractivity contribution in [2.45, 2.75) is 31.3 Å². The van der Waals surface area contributed by atoms with Gasteiger partial charge in [-0.3, -0.25) is 4.79 Å². The number of aromatic nitrogens is 3. The van der Waals surface area contributed by atoms with Gasteiger partial charge in [0.15, 0.2) is 0 Å². The maximum atomic E-state index is 14.5. The van der Waals surface area contributed by atoms with E-state index in [1.54, 1.807) is 23.0 Å². The molecule has 4 rings (SSSR count). The van der Waals surface area contributed by atoms with Crippen molar-refractivity contribution in [3.63, 3.8) is 0 Å². The number of carboxylic acids is 1. The third-order valence-electron chi connectivity index (χ3n) is 5.87. The van der Waals surface area contributed by atoms with Crippen molar-refractivity contribution in [3.05, 3.63) is 70.6 Å². The number of ether oxygens (including phenoxy) is 1. The summed E-state index contributed by atoms with van der Waals surface area (Å²) in [5.41, 5.74) is 0.149. The lowest BCUT2D eigenvalue weighted by Gasteiger charge is -2.33. The number of nitrogens with one attached hydrogen (secondary N) is 1. The average Bonchev–Trinajstić information content (AvgIpc) is 3.30. The molecule has 10 heteroatoms. The summed E-state index contributed by atoms with van der Waals surface area (Å²) in [6.45, 7) is 2.35.